The van der Waals surface area contributed by atoms with E-state index in [1.807, 2.05) is 19.2 Å². The van der Waals surface area contributed by atoms with E-state index in [1.54, 1.807) is 7.11 Å². The van der Waals surface area contributed by atoms with Gasteiger partial charge in [0.2, 0.25) is 0 Å². The highest BCUT2D eigenvalue weighted by molar-refractivity contribution is 5.79. The molecule has 3 heteroatoms. The number of hydrogen-bond acceptors (Lipinski definition) is 3. The predicted molar refractivity (Wildman–Crippen MR) is 83.2 cm³/mol. The molecule has 0 amide bonds. The molecular formula is C17H25NO2. The number of carbonyl (C=O) groups excluding carboxylic acids is 1. The van der Waals surface area contributed by atoms with E-state index in [0.29, 0.717) is 18.6 Å². The Labute approximate surface area is 122 Å². The molecule has 0 radical (unpaired) electrons. The third-order valence-electron chi connectivity index (χ3n) is 3.97. The molecule has 1 fully saturated rings. The number of likely N-dealkylation sites (N-methyl/N-ethyl adjacent to an activating group) is 1. The van der Waals surface area contributed by atoms with Crippen LogP contribution in [0.15, 0.2) is 37.4 Å². The fourth-order valence-electron chi connectivity index (χ4n) is 2.70. The van der Waals surface area contributed by atoms with Gasteiger partial charge in [0.25, 0.3) is 0 Å². The molecule has 0 atom stereocenters. The Morgan fingerprint density at radius 1 is 1.30 bits per heavy atom. The number of methoxy groups -OCH3 is 1. The lowest BCUT2D eigenvalue weighted by molar-refractivity contribution is -0.121. The maximum atomic E-state index is 11.4. The highest BCUT2D eigenvalue weighted by Crippen LogP contribution is 2.30. The molecule has 1 aliphatic carbocycles. The minimum atomic E-state index is 0.0697. The van der Waals surface area contributed by atoms with Crippen LogP contribution in [0.3, 0.4) is 0 Å². The van der Waals surface area contributed by atoms with Crippen LogP contribution in [-0.4, -0.2) is 25.5 Å². The molecule has 3 nitrogen and oxygen atoms in total. The molecule has 1 N–H and O–H groups in total. The first-order valence-corrected chi connectivity index (χ1v) is 7.01. The van der Waals surface area contributed by atoms with Gasteiger partial charge in [-0.05, 0) is 44.0 Å². The quantitative estimate of drug-likeness (QED) is 0.858. The molecular weight excluding hydrogens is 250 g/mol. The van der Waals surface area contributed by atoms with Gasteiger partial charge in [-0.1, -0.05) is 12.1 Å². The van der Waals surface area contributed by atoms with Crippen LogP contribution in [0.5, 0.6) is 5.75 Å². The summed E-state index contributed by atoms with van der Waals surface area (Å²) in [6, 6.07) is 8.18. The molecule has 1 aliphatic rings. The monoisotopic (exact) mass is 275 g/mol. The summed E-state index contributed by atoms with van der Waals surface area (Å²) in [4.78, 5) is 11.4. The van der Waals surface area contributed by atoms with Crippen molar-refractivity contribution in [2.24, 2.45) is 0 Å². The van der Waals surface area contributed by atoms with Crippen LogP contribution in [0, 0.1) is 0 Å². The van der Waals surface area contributed by atoms with Crippen LogP contribution in [0.2, 0.25) is 0 Å². The van der Waals surface area contributed by atoms with Gasteiger partial charge in [-0.25, -0.2) is 0 Å². The van der Waals surface area contributed by atoms with Crippen molar-refractivity contribution in [1.29, 1.82) is 0 Å². The van der Waals surface area contributed by atoms with Gasteiger partial charge in [-0.15, -0.1) is 13.2 Å². The molecule has 20 heavy (non-hydrogen) atoms. The van der Waals surface area contributed by atoms with Gasteiger partial charge in [-0.2, -0.15) is 0 Å². The summed E-state index contributed by atoms with van der Waals surface area (Å²) in [6.07, 6.45) is 4.21. The first-order valence-electron chi connectivity index (χ1n) is 7.01. The average molecular weight is 275 g/mol. The van der Waals surface area contributed by atoms with Crippen molar-refractivity contribution in [2.45, 2.75) is 37.6 Å². The Morgan fingerprint density at radius 3 is 2.50 bits per heavy atom. The number of benzene rings is 1. The SMILES string of the molecule is C=C.CNC1(Cc2cccc(OC)c2)CCC(=O)CC1. The van der Waals surface area contributed by atoms with Crippen molar-refractivity contribution >= 4 is 5.78 Å². The first-order chi connectivity index (χ1) is 9.67. The zero-order valence-corrected chi connectivity index (χ0v) is 12.6. The molecule has 0 heterocycles. The summed E-state index contributed by atoms with van der Waals surface area (Å²) in [6.45, 7) is 6.00. The van der Waals surface area contributed by atoms with Gasteiger partial charge in [0.05, 0.1) is 7.11 Å². The Morgan fingerprint density at radius 2 is 1.95 bits per heavy atom. The lowest BCUT2D eigenvalue weighted by Crippen LogP contribution is -2.47. The smallest absolute Gasteiger partial charge is 0.133 e. The van der Waals surface area contributed by atoms with E-state index >= 15 is 0 Å². The highest BCUT2D eigenvalue weighted by Gasteiger charge is 2.33. The normalized spacial score (nSPS) is 17.0. The van der Waals surface area contributed by atoms with Crippen LogP contribution >= 0.6 is 0 Å². The van der Waals surface area contributed by atoms with Crippen LogP contribution in [0.1, 0.15) is 31.2 Å². The third-order valence-corrected chi connectivity index (χ3v) is 3.97. The summed E-state index contributed by atoms with van der Waals surface area (Å²) < 4.78 is 5.25. The fourth-order valence-corrected chi connectivity index (χ4v) is 2.70. The second-order valence-electron chi connectivity index (χ2n) is 5.10. The summed E-state index contributed by atoms with van der Waals surface area (Å²) in [5.74, 6) is 1.29. The van der Waals surface area contributed by atoms with Crippen LogP contribution in [0.25, 0.3) is 0 Å². The summed E-state index contributed by atoms with van der Waals surface area (Å²) in [5.41, 5.74) is 1.33. The number of rotatable bonds is 4. The molecule has 0 aromatic heterocycles. The van der Waals surface area contributed by atoms with Crippen molar-refractivity contribution in [1.82, 2.24) is 5.32 Å². The third kappa shape index (κ3) is 4.20. The summed E-state index contributed by atoms with van der Waals surface area (Å²) >= 11 is 0. The maximum absolute atomic E-state index is 11.4. The Bertz CT molecular complexity index is 432. The van der Waals surface area contributed by atoms with Gasteiger partial charge in [0.15, 0.2) is 0 Å². The van der Waals surface area contributed by atoms with E-state index in [-0.39, 0.29) is 5.54 Å². The van der Waals surface area contributed by atoms with E-state index in [9.17, 15) is 4.79 Å². The standard InChI is InChI=1S/C15H21NO2.C2H4/c1-16-15(8-6-13(17)7-9-15)11-12-4-3-5-14(10-12)18-2;1-2/h3-5,10,16H,6-9,11H2,1-2H3;1-2H2. The van der Waals surface area contributed by atoms with E-state index in [1.165, 1.54) is 5.56 Å². The highest BCUT2D eigenvalue weighted by atomic mass is 16.5. The largest absolute Gasteiger partial charge is 0.497 e. The van der Waals surface area contributed by atoms with Crippen molar-refractivity contribution in [3.8, 4) is 5.75 Å². The average Bonchev–Trinajstić information content (AvgIpc) is 2.52. The van der Waals surface area contributed by atoms with E-state index < -0.39 is 0 Å². The molecule has 0 unspecified atom stereocenters. The van der Waals surface area contributed by atoms with Crippen molar-refractivity contribution < 1.29 is 9.53 Å². The van der Waals surface area contributed by atoms with E-state index in [0.717, 1.165) is 25.0 Å². The zero-order valence-electron chi connectivity index (χ0n) is 12.6. The molecule has 1 aromatic rings. The second-order valence-corrected chi connectivity index (χ2v) is 5.10. The summed E-state index contributed by atoms with van der Waals surface area (Å²) in [7, 11) is 3.68. The molecule has 0 saturated heterocycles. The minimum absolute atomic E-state index is 0.0697. The Hall–Kier alpha value is -1.61. The summed E-state index contributed by atoms with van der Waals surface area (Å²) in [5, 5.41) is 3.43. The number of nitrogens with one attached hydrogen (secondary N) is 1. The topological polar surface area (TPSA) is 38.3 Å². The van der Waals surface area contributed by atoms with Gasteiger partial charge in [0, 0.05) is 18.4 Å². The molecule has 0 aliphatic heterocycles. The van der Waals surface area contributed by atoms with Crippen LogP contribution in [-0.2, 0) is 11.2 Å². The number of hydrogen-bond donors (Lipinski definition) is 1. The zero-order chi connectivity index (χ0) is 15.0. The molecule has 0 bridgehead atoms. The van der Waals surface area contributed by atoms with Crippen molar-refractivity contribution in [3.05, 3.63) is 43.0 Å². The first kappa shape index (κ1) is 16.4. The minimum Gasteiger partial charge on any atom is -0.497 e. The van der Waals surface area contributed by atoms with Crippen molar-refractivity contribution in [2.75, 3.05) is 14.2 Å². The number of Topliss-reactive ketones (excluding diaryl/α,β-unsaturated/α-hetero) is 1. The molecule has 1 aromatic carbocycles. The fraction of sp³-hybridized carbons (Fsp3) is 0.471. The number of carbonyl (C=O) groups is 1. The number of ketones is 1. The second kappa shape index (κ2) is 7.85. The number of ether oxygens (including phenoxy) is 1. The van der Waals surface area contributed by atoms with Gasteiger partial charge < -0.3 is 10.1 Å². The van der Waals surface area contributed by atoms with E-state index in [2.05, 4.69) is 30.6 Å². The Balaban J connectivity index is 0.000000956. The Kier molecular flexibility index (Phi) is 6.46. The van der Waals surface area contributed by atoms with Gasteiger partial charge >= 0.3 is 0 Å². The lowest BCUT2D eigenvalue weighted by Gasteiger charge is -2.37. The van der Waals surface area contributed by atoms with Gasteiger partial charge in [0.1, 0.15) is 11.5 Å². The van der Waals surface area contributed by atoms with E-state index in [4.69, 9.17) is 4.74 Å². The molecule has 0 spiro atoms. The van der Waals surface area contributed by atoms with Crippen molar-refractivity contribution in [3.63, 3.8) is 0 Å². The van der Waals surface area contributed by atoms with Crippen LogP contribution in [0.4, 0.5) is 0 Å². The van der Waals surface area contributed by atoms with Gasteiger partial charge in [-0.3, -0.25) is 4.79 Å². The lowest BCUT2D eigenvalue weighted by atomic mass is 9.77. The molecule has 110 valence electrons. The molecule has 2 rings (SSSR count). The predicted octanol–water partition coefficient (Wildman–Crippen LogP) is 3.14. The maximum Gasteiger partial charge on any atom is 0.133 e. The van der Waals surface area contributed by atoms with Crippen LogP contribution < -0.4 is 10.1 Å². The molecule has 1 saturated carbocycles.